The van der Waals surface area contributed by atoms with Gasteiger partial charge in [-0.25, -0.2) is 9.53 Å². The van der Waals surface area contributed by atoms with Gasteiger partial charge in [0.1, 0.15) is 11.5 Å². The number of benzene rings is 1. The third-order valence-electron chi connectivity index (χ3n) is 3.38. The topological polar surface area (TPSA) is 72.7 Å². The van der Waals surface area contributed by atoms with Crippen molar-refractivity contribution in [2.24, 2.45) is 0 Å². The summed E-state index contributed by atoms with van der Waals surface area (Å²) in [5.41, 5.74) is -0.924. The monoisotopic (exact) mass is 406 g/mol. The van der Waals surface area contributed by atoms with Crippen molar-refractivity contribution in [3.8, 4) is 5.75 Å². The Morgan fingerprint density at radius 1 is 1.19 bits per heavy atom. The molecular weight excluding hydrogens is 392 g/mol. The number of amides is 2. The third kappa shape index (κ3) is 5.07. The maximum atomic E-state index is 13.7. The number of hydrogen-bond donors (Lipinski definition) is 2. The van der Waals surface area contributed by atoms with Gasteiger partial charge in [0.25, 0.3) is 0 Å². The van der Waals surface area contributed by atoms with Crippen molar-refractivity contribution < 1.29 is 36.2 Å². The molecule has 0 spiro atoms. The molecule has 2 N–H and O–H groups in total. The lowest BCUT2D eigenvalue weighted by atomic mass is 10.1. The molecule has 0 radical (unpaired) electrons. The quantitative estimate of drug-likeness (QED) is 0.552. The van der Waals surface area contributed by atoms with Gasteiger partial charge in [0.15, 0.2) is 0 Å². The van der Waals surface area contributed by atoms with E-state index in [-0.39, 0.29) is 5.69 Å². The minimum atomic E-state index is -4.43. The van der Waals surface area contributed by atoms with Crippen LogP contribution in [0.2, 0.25) is 0 Å². The number of anilines is 1. The zero-order chi connectivity index (χ0) is 19.5. The van der Waals surface area contributed by atoms with E-state index in [9.17, 15) is 22.4 Å². The lowest BCUT2D eigenvalue weighted by Crippen LogP contribution is -2.41. The SMILES string of the molecule is O=C(NCCSCc1ccco1)Nc1ccc2c(c1)C(F)(F)OC(F)(F)O2. The molecule has 0 aliphatic carbocycles. The molecule has 2 aromatic rings. The van der Waals surface area contributed by atoms with E-state index in [1.807, 2.05) is 6.07 Å². The second-order valence-corrected chi connectivity index (χ2v) is 6.51. The van der Waals surface area contributed by atoms with E-state index < -0.39 is 29.7 Å². The Labute approximate surface area is 155 Å². The molecule has 27 heavy (non-hydrogen) atoms. The van der Waals surface area contributed by atoms with Gasteiger partial charge in [-0.2, -0.15) is 20.5 Å². The van der Waals surface area contributed by atoms with Crippen LogP contribution in [0.5, 0.6) is 5.75 Å². The zero-order valence-corrected chi connectivity index (χ0v) is 14.5. The Morgan fingerprint density at radius 3 is 2.74 bits per heavy atom. The number of halogens is 4. The van der Waals surface area contributed by atoms with Gasteiger partial charge in [0.2, 0.25) is 0 Å². The zero-order valence-electron chi connectivity index (χ0n) is 13.6. The summed E-state index contributed by atoms with van der Waals surface area (Å²) in [6, 6.07) is 5.88. The number of carbonyl (C=O) groups is 1. The molecule has 3 rings (SSSR count). The van der Waals surface area contributed by atoms with Crippen molar-refractivity contribution in [2.75, 3.05) is 17.6 Å². The Bertz CT molecular complexity index is 802. The third-order valence-corrected chi connectivity index (χ3v) is 4.36. The van der Waals surface area contributed by atoms with Gasteiger partial charge in [-0.15, -0.1) is 8.78 Å². The minimum absolute atomic E-state index is 0.0217. The molecule has 0 atom stereocenters. The van der Waals surface area contributed by atoms with E-state index >= 15 is 0 Å². The number of furan rings is 1. The fraction of sp³-hybridized carbons (Fsp3) is 0.312. The second-order valence-electron chi connectivity index (χ2n) is 5.41. The number of alkyl halides is 4. The molecule has 6 nitrogen and oxygen atoms in total. The van der Waals surface area contributed by atoms with Crippen molar-refractivity contribution in [3.63, 3.8) is 0 Å². The van der Waals surface area contributed by atoms with E-state index in [0.29, 0.717) is 18.1 Å². The average molecular weight is 406 g/mol. The van der Waals surface area contributed by atoms with Crippen molar-refractivity contribution in [3.05, 3.63) is 47.9 Å². The molecule has 0 bridgehead atoms. The molecule has 11 heteroatoms. The van der Waals surface area contributed by atoms with Gasteiger partial charge in [-0.1, -0.05) is 0 Å². The lowest BCUT2D eigenvalue weighted by molar-refractivity contribution is -0.461. The Balaban J connectivity index is 1.50. The first-order valence-corrected chi connectivity index (χ1v) is 8.85. The molecule has 1 aliphatic heterocycles. The summed E-state index contributed by atoms with van der Waals surface area (Å²) in [6.45, 7) is 0.330. The predicted octanol–water partition coefficient (Wildman–Crippen LogP) is 4.34. The van der Waals surface area contributed by atoms with E-state index in [2.05, 4.69) is 20.1 Å². The molecule has 0 fully saturated rings. The number of nitrogens with one attached hydrogen (secondary N) is 2. The Hall–Kier alpha value is -2.40. The van der Waals surface area contributed by atoms with Crippen LogP contribution in [0.15, 0.2) is 41.0 Å². The maximum Gasteiger partial charge on any atom is 0.540 e. The van der Waals surface area contributed by atoms with Gasteiger partial charge in [-0.05, 0) is 30.3 Å². The van der Waals surface area contributed by atoms with Gasteiger partial charge >= 0.3 is 18.4 Å². The van der Waals surface area contributed by atoms with E-state index in [1.54, 1.807) is 12.3 Å². The number of thioether (sulfide) groups is 1. The first-order chi connectivity index (χ1) is 12.8. The van der Waals surface area contributed by atoms with Crippen LogP contribution in [0, 0.1) is 0 Å². The molecule has 0 saturated carbocycles. The standard InChI is InChI=1S/C16H14F4N2O4S/c17-15(18)12-8-10(3-4-13(12)25-16(19,20)26-15)22-14(23)21-5-7-27-9-11-2-1-6-24-11/h1-4,6,8H,5,7,9H2,(H2,21,22,23). The van der Waals surface area contributed by atoms with Gasteiger partial charge < -0.3 is 19.8 Å². The van der Waals surface area contributed by atoms with Crippen LogP contribution < -0.4 is 15.4 Å². The molecule has 2 heterocycles. The van der Waals surface area contributed by atoms with Crippen molar-refractivity contribution in [1.82, 2.24) is 5.32 Å². The van der Waals surface area contributed by atoms with Gasteiger partial charge in [0, 0.05) is 18.0 Å². The number of carbonyl (C=O) groups excluding carboxylic acids is 1. The largest absolute Gasteiger partial charge is 0.540 e. The molecule has 146 valence electrons. The van der Waals surface area contributed by atoms with Crippen LogP contribution in [0.4, 0.5) is 28.0 Å². The number of urea groups is 1. The molecule has 0 unspecified atom stereocenters. The van der Waals surface area contributed by atoms with Crippen LogP contribution >= 0.6 is 11.8 Å². The first-order valence-electron chi connectivity index (χ1n) is 7.69. The number of ether oxygens (including phenoxy) is 2. The Morgan fingerprint density at radius 2 is 2.00 bits per heavy atom. The predicted molar refractivity (Wildman–Crippen MR) is 88.9 cm³/mol. The highest BCUT2D eigenvalue weighted by molar-refractivity contribution is 7.98. The minimum Gasteiger partial charge on any atom is -0.468 e. The Kier molecular flexibility index (Phi) is 5.51. The molecule has 1 aromatic carbocycles. The van der Waals surface area contributed by atoms with Gasteiger partial charge in [-0.3, -0.25) is 0 Å². The first kappa shape index (κ1) is 19.4. The lowest BCUT2D eigenvalue weighted by Gasteiger charge is -2.30. The summed E-state index contributed by atoms with van der Waals surface area (Å²) in [5, 5.41) is 4.90. The van der Waals surface area contributed by atoms with Crippen molar-refractivity contribution in [1.29, 1.82) is 0 Å². The van der Waals surface area contributed by atoms with Gasteiger partial charge in [0.05, 0.1) is 17.6 Å². The fourth-order valence-electron chi connectivity index (χ4n) is 2.26. The molecule has 1 aromatic heterocycles. The molecule has 0 saturated heterocycles. The van der Waals surface area contributed by atoms with Crippen LogP contribution in [-0.4, -0.2) is 24.6 Å². The van der Waals surface area contributed by atoms with E-state index in [1.165, 1.54) is 17.8 Å². The summed E-state index contributed by atoms with van der Waals surface area (Å²) in [4.78, 5) is 11.8. The molecule has 1 aliphatic rings. The fourth-order valence-corrected chi connectivity index (χ4v) is 3.01. The highest BCUT2D eigenvalue weighted by atomic mass is 32.2. The summed E-state index contributed by atoms with van der Waals surface area (Å²) in [7, 11) is 0. The normalized spacial score (nSPS) is 16.9. The number of fused-ring (bicyclic) bond motifs is 1. The number of rotatable bonds is 6. The average Bonchev–Trinajstić information content (AvgIpc) is 3.07. The summed E-state index contributed by atoms with van der Waals surface area (Å²) in [6.07, 6.45) is -7.12. The van der Waals surface area contributed by atoms with Crippen LogP contribution in [0.3, 0.4) is 0 Å². The molecular formula is C16H14F4N2O4S. The second kappa shape index (κ2) is 7.69. The summed E-state index contributed by atoms with van der Waals surface area (Å²) >= 11 is 1.54. The number of hydrogen-bond acceptors (Lipinski definition) is 5. The highest BCUT2D eigenvalue weighted by Gasteiger charge is 2.54. The van der Waals surface area contributed by atoms with Crippen LogP contribution in [0.25, 0.3) is 0 Å². The van der Waals surface area contributed by atoms with E-state index in [0.717, 1.165) is 17.9 Å². The van der Waals surface area contributed by atoms with Crippen molar-refractivity contribution >= 4 is 23.5 Å². The highest BCUT2D eigenvalue weighted by Crippen LogP contribution is 2.46. The maximum absolute atomic E-state index is 13.7. The summed E-state index contributed by atoms with van der Waals surface area (Å²) < 4.78 is 65.9. The van der Waals surface area contributed by atoms with Crippen LogP contribution in [-0.2, 0) is 16.6 Å². The van der Waals surface area contributed by atoms with E-state index in [4.69, 9.17) is 4.42 Å². The summed E-state index contributed by atoms with van der Waals surface area (Å²) in [5.74, 6) is 1.35. The van der Waals surface area contributed by atoms with Crippen LogP contribution in [0.1, 0.15) is 11.3 Å². The van der Waals surface area contributed by atoms with Crippen molar-refractivity contribution in [2.45, 2.75) is 18.2 Å². The smallest absolute Gasteiger partial charge is 0.468 e. The molecule has 2 amide bonds.